The van der Waals surface area contributed by atoms with Gasteiger partial charge in [0.05, 0.1) is 12.1 Å². The Kier molecular flexibility index (Phi) is 7.21. The molecule has 0 unspecified atom stereocenters. The van der Waals surface area contributed by atoms with E-state index in [1.807, 2.05) is 23.6 Å². The number of carbonyl (C=O) groups is 2. The normalized spacial score (nSPS) is 10.2. The first kappa shape index (κ1) is 20.4. The summed E-state index contributed by atoms with van der Waals surface area (Å²) in [5, 5.41) is 13.4. The van der Waals surface area contributed by atoms with E-state index in [1.165, 1.54) is 12.1 Å². The van der Waals surface area contributed by atoms with Crippen molar-refractivity contribution in [3.63, 3.8) is 0 Å². The van der Waals surface area contributed by atoms with Crippen molar-refractivity contribution in [1.82, 2.24) is 10.8 Å². The highest BCUT2D eigenvalue weighted by molar-refractivity contribution is 7.09. The monoisotopic (exact) mass is 412 g/mol. The van der Waals surface area contributed by atoms with Gasteiger partial charge in [-0.2, -0.15) is 0 Å². The number of carbonyl (C=O) groups excluding carboxylic acids is 2. The molecule has 2 amide bonds. The van der Waals surface area contributed by atoms with Crippen LogP contribution >= 0.6 is 11.3 Å². The molecule has 150 valence electrons. The molecule has 8 heteroatoms. The predicted octanol–water partition coefficient (Wildman–Crippen LogP) is 3.25. The maximum absolute atomic E-state index is 12.5. The predicted molar refractivity (Wildman–Crippen MR) is 109 cm³/mol. The van der Waals surface area contributed by atoms with Crippen molar-refractivity contribution >= 4 is 23.2 Å². The molecule has 0 radical (unpaired) electrons. The van der Waals surface area contributed by atoms with Gasteiger partial charge in [-0.05, 0) is 47.8 Å². The highest BCUT2D eigenvalue weighted by atomic mass is 32.1. The van der Waals surface area contributed by atoms with Crippen LogP contribution in [-0.4, -0.2) is 30.2 Å². The van der Waals surface area contributed by atoms with Crippen LogP contribution in [0.4, 0.5) is 0 Å². The summed E-state index contributed by atoms with van der Waals surface area (Å²) in [6.07, 6.45) is 0. The third-order valence-corrected chi connectivity index (χ3v) is 4.81. The van der Waals surface area contributed by atoms with Gasteiger partial charge in [-0.3, -0.25) is 14.8 Å². The van der Waals surface area contributed by atoms with Crippen molar-refractivity contribution in [2.75, 3.05) is 13.2 Å². The first-order chi connectivity index (χ1) is 14.2. The Morgan fingerprint density at radius 3 is 2.45 bits per heavy atom. The van der Waals surface area contributed by atoms with Gasteiger partial charge in [0, 0.05) is 10.4 Å². The van der Waals surface area contributed by atoms with Crippen LogP contribution in [0, 0.1) is 0 Å². The lowest BCUT2D eigenvalue weighted by atomic mass is 10.2. The molecule has 7 nitrogen and oxygen atoms in total. The Hall–Kier alpha value is -3.36. The minimum absolute atomic E-state index is 0.245. The van der Waals surface area contributed by atoms with E-state index >= 15 is 0 Å². The van der Waals surface area contributed by atoms with Gasteiger partial charge in [-0.25, -0.2) is 5.48 Å². The Morgan fingerprint density at radius 1 is 0.931 bits per heavy atom. The van der Waals surface area contributed by atoms with Crippen molar-refractivity contribution < 1.29 is 24.3 Å². The molecule has 0 saturated heterocycles. The largest absolute Gasteiger partial charge is 0.492 e. The standard InChI is InChI=1S/C21H20N2O5S/c24-20(23-26)15-7-9-16(10-8-15)27-12-11-22-21(25)18-5-1-2-6-19(18)28-14-17-4-3-13-29-17/h1-10,13,26H,11-12,14H2,(H,22,25)(H,23,24). The first-order valence-electron chi connectivity index (χ1n) is 8.87. The van der Waals surface area contributed by atoms with Gasteiger partial charge < -0.3 is 14.8 Å². The SMILES string of the molecule is O=C(NO)c1ccc(OCCNC(=O)c2ccccc2OCc2cccs2)cc1. The smallest absolute Gasteiger partial charge is 0.274 e. The van der Waals surface area contributed by atoms with Gasteiger partial charge in [0.2, 0.25) is 0 Å². The van der Waals surface area contributed by atoms with Crippen LogP contribution in [0.15, 0.2) is 66.0 Å². The second-order valence-corrected chi connectivity index (χ2v) is 6.97. The summed E-state index contributed by atoms with van der Waals surface area (Å²) in [6, 6.07) is 17.3. The fourth-order valence-corrected chi connectivity index (χ4v) is 3.14. The van der Waals surface area contributed by atoms with E-state index in [1.54, 1.807) is 47.1 Å². The van der Waals surface area contributed by atoms with Gasteiger partial charge in [0.15, 0.2) is 0 Å². The van der Waals surface area contributed by atoms with E-state index in [2.05, 4.69) is 5.32 Å². The molecule has 0 saturated carbocycles. The maximum Gasteiger partial charge on any atom is 0.274 e. The fraction of sp³-hybridized carbons (Fsp3) is 0.143. The summed E-state index contributed by atoms with van der Waals surface area (Å²) in [4.78, 5) is 24.8. The minimum atomic E-state index is -0.594. The topological polar surface area (TPSA) is 96.9 Å². The molecule has 1 heterocycles. The van der Waals surface area contributed by atoms with Crippen LogP contribution in [0.3, 0.4) is 0 Å². The van der Waals surface area contributed by atoms with Crippen LogP contribution in [0.2, 0.25) is 0 Å². The molecule has 29 heavy (non-hydrogen) atoms. The molecular formula is C21H20N2O5S. The molecule has 0 bridgehead atoms. The van der Waals surface area contributed by atoms with E-state index in [-0.39, 0.29) is 12.5 Å². The molecule has 3 aromatic rings. The number of thiophene rings is 1. The molecule has 2 aromatic carbocycles. The average Bonchev–Trinajstić information content (AvgIpc) is 3.29. The van der Waals surface area contributed by atoms with Crippen LogP contribution in [0.5, 0.6) is 11.5 Å². The zero-order valence-electron chi connectivity index (χ0n) is 15.5. The van der Waals surface area contributed by atoms with E-state index < -0.39 is 5.91 Å². The number of hydrogen-bond donors (Lipinski definition) is 3. The zero-order chi connectivity index (χ0) is 20.5. The molecule has 3 N–H and O–H groups in total. The van der Waals surface area contributed by atoms with E-state index in [4.69, 9.17) is 14.7 Å². The van der Waals surface area contributed by atoms with Crippen LogP contribution in [0.1, 0.15) is 25.6 Å². The average molecular weight is 412 g/mol. The van der Waals surface area contributed by atoms with Crippen molar-refractivity contribution in [3.05, 3.63) is 82.0 Å². The molecule has 0 aliphatic rings. The Labute approximate surface area is 171 Å². The van der Waals surface area contributed by atoms with E-state index in [0.29, 0.717) is 35.8 Å². The molecule has 1 aromatic heterocycles. The van der Waals surface area contributed by atoms with Gasteiger partial charge in [-0.1, -0.05) is 18.2 Å². The summed E-state index contributed by atoms with van der Waals surface area (Å²) < 4.78 is 11.3. The van der Waals surface area contributed by atoms with Gasteiger partial charge in [0.25, 0.3) is 11.8 Å². The van der Waals surface area contributed by atoms with E-state index in [0.717, 1.165) is 4.88 Å². The van der Waals surface area contributed by atoms with Crippen molar-refractivity contribution in [2.45, 2.75) is 6.61 Å². The second-order valence-electron chi connectivity index (χ2n) is 5.93. The lowest BCUT2D eigenvalue weighted by Crippen LogP contribution is -2.28. The fourth-order valence-electron chi connectivity index (χ4n) is 2.52. The van der Waals surface area contributed by atoms with Gasteiger partial charge >= 0.3 is 0 Å². The Balaban J connectivity index is 1.47. The summed E-state index contributed by atoms with van der Waals surface area (Å²) in [6.45, 7) is 0.974. The molecule has 3 rings (SSSR count). The highest BCUT2D eigenvalue weighted by Gasteiger charge is 2.12. The lowest BCUT2D eigenvalue weighted by molar-refractivity contribution is 0.0706. The Bertz CT molecular complexity index is 942. The van der Waals surface area contributed by atoms with Crippen LogP contribution < -0.4 is 20.3 Å². The number of rotatable bonds is 9. The molecule has 0 spiro atoms. The van der Waals surface area contributed by atoms with Gasteiger partial charge in [-0.15, -0.1) is 11.3 Å². The molecule has 0 aliphatic carbocycles. The van der Waals surface area contributed by atoms with Crippen molar-refractivity contribution in [2.24, 2.45) is 0 Å². The van der Waals surface area contributed by atoms with Crippen molar-refractivity contribution in [3.8, 4) is 11.5 Å². The summed E-state index contributed by atoms with van der Waals surface area (Å²) in [5.74, 6) is 0.236. The first-order valence-corrected chi connectivity index (χ1v) is 9.75. The summed E-state index contributed by atoms with van der Waals surface area (Å²) >= 11 is 1.60. The molecular weight excluding hydrogens is 392 g/mol. The van der Waals surface area contributed by atoms with Crippen molar-refractivity contribution in [1.29, 1.82) is 0 Å². The Morgan fingerprint density at radius 2 is 1.72 bits per heavy atom. The lowest BCUT2D eigenvalue weighted by Gasteiger charge is -2.12. The van der Waals surface area contributed by atoms with Crippen LogP contribution in [0.25, 0.3) is 0 Å². The number of benzene rings is 2. The third-order valence-electron chi connectivity index (χ3n) is 3.96. The maximum atomic E-state index is 12.5. The van der Waals surface area contributed by atoms with Gasteiger partial charge in [0.1, 0.15) is 24.7 Å². The molecule has 0 fully saturated rings. The number of hydroxylamine groups is 1. The van der Waals surface area contributed by atoms with E-state index in [9.17, 15) is 9.59 Å². The number of para-hydroxylation sites is 1. The minimum Gasteiger partial charge on any atom is -0.492 e. The summed E-state index contributed by atoms with van der Waals surface area (Å²) in [5.41, 5.74) is 2.34. The van der Waals surface area contributed by atoms with Crippen LogP contribution in [-0.2, 0) is 6.61 Å². The number of nitrogens with one attached hydrogen (secondary N) is 2. The third kappa shape index (κ3) is 5.81. The highest BCUT2D eigenvalue weighted by Crippen LogP contribution is 2.20. The molecule has 0 atom stereocenters. The molecule has 0 aliphatic heterocycles. The zero-order valence-corrected chi connectivity index (χ0v) is 16.3. The number of amides is 2. The second kappa shape index (κ2) is 10.3. The quantitative estimate of drug-likeness (QED) is 0.285. The number of ether oxygens (including phenoxy) is 2. The summed E-state index contributed by atoms with van der Waals surface area (Å²) in [7, 11) is 0. The number of hydrogen-bond acceptors (Lipinski definition) is 6.